The van der Waals surface area contributed by atoms with E-state index in [1.165, 1.54) is 5.57 Å². The molecule has 0 saturated carbocycles. The lowest BCUT2D eigenvalue weighted by Gasteiger charge is -2.38. The first-order valence-electron chi connectivity index (χ1n) is 12.7. The van der Waals surface area contributed by atoms with Gasteiger partial charge < -0.3 is 9.16 Å². The molecule has 1 aliphatic heterocycles. The van der Waals surface area contributed by atoms with Crippen LogP contribution in [0.15, 0.2) is 60.7 Å². The summed E-state index contributed by atoms with van der Waals surface area (Å²) in [5, 5.41) is 0.148. The number of anilines is 1. The molecular formula is C30H41NO3Si2. The largest absolute Gasteiger partial charge is 0.421 e. The molecule has 0 aliphatic carbocycles. The summed E-state index contributed by atoms with van der Waals surface area (Å²) >= 11 is 0. The van der Waals surface area contributed by atoms with Crippen molar-refractivity contribution in [2.24, 2.45) is 5.92 Å². The van der Waals surface area contributed by atoms with Gasteiger partial charge in [-0.2, -0.15) is 0 Å². The van der Waals surface area contributed by atoms with E-state index >= 15 is 0 Å². The normalized spacial score (nSPS) is 16.9. The molecule has 0 aromatic heterocycles. The number of carbonyl (C=O) groups is 1. The lowest BCUT2D eigenvalue weighted by molar-refractivity contribution is 0.207. The Morgan fingerprint density at radius 3 is 2.22 bits per heavy atom. The Labute approximate surface area is 219 Å². The van der Waals surface area contributed by atoms with Crippen LogP contribution in [0.5, 0.6) is 5.75 Å². The van der Waals surface area contributed by atoms with Crippen LogP contribution in [-0.4, -0.2) is 35.1 Å². The molecule has 4 nitrogen and oxygen atoms in total. The van der Waals surface area contributed by atoms with Crippen molar-refractivity contribution in [2.75, 3.05) is 11.5 Å². The Kier molecular flexibility index (Phi) is 8.39. The maximum atomic E-state index is 13.5. The fourth-order valence-corrected chi connectivity index (χ4v) is 5.41. The standard InChI is InChI=1S/C30H41NO3Si2/c1-23(22-33-36(8,9)30(2,3)4)27-21-24(19-20-35(5,6)7)31(28-18-14-13-17-26(27)28)29(32)34-25-15-11-10-12-16-25/h10-18,21,23-24H,22H2,1-9H3/t23-,24+/m0/s1. The zero-order chi connectivity index (χ0) is 26.7. The lowest BCUT2D eigenvalue weighted by Crippen LogP contribution is -2.44. The van der Waals surface area contributed by atoms with Gasteiger partial charge in [0, 0.05) is 18.1 Å². The van der Waals surface area contributed by atoms with Crippen LogP contribution >= 0.6 is 0 Å². The van der Waals surface area contributed by atoms with Crippen molar-refractivity contribution in [3.05, 3.63) is 66.2 Å². The van der Waals surface area contributed by atoms with Gasteiger partial charge >= 0.3 is 6.09 Å². The second kappa shape index (κ2) is 10.8. The van der Waals surface area contributed by atoms with Crippen LogP contribution in [0, 0.1) is 17.4 Å². The second-order valence-corrected chi connectivity index (χ2v) is 21.7. The third kappa shape index (κ3) is 6.79. The van der Waals surface area contributed by atoms with Gasteiger partial charge in [-0.05, 0) is 48.0 Å². The molecule has 192 valence electrons. The number of para-hydroxylation sites is 2. The van der Waals surface area contributed by atoms with E-state index in [9.17, 15) is 4.79 Å². The van der Waals surface area contributed by atoms with Crippen LogP contribution < -0.4 is 9.64 Å². The smallest absolute Gasteiger partial charge is 0.416 e. The van der Waals surface area contributed by atoms with Crippen molar-refractivity contribution < 1.29 is 14.0 Å². The summed E-state index contributed by atoms with van der Waals surface area (Å²) in [5.74, 6) is 4.10. The fraction of sp³-hybridized carbons (Fsp3) is 0.433. The molecule has 0 bridgehead atoms. The lowest BCUT2D eigenvalue weighted by atomic mass is 9.88. The van der Waals surface area contributed by atoms with E-state index in [2.05, 4.69) is 84.0 Å². The summed E-state index contributed by atoms with van der Waals surface area (Å²) in [6.07, 6.45) is 1.71. The Hall–Kier alpha value is -2.60. The maximum Gasteiger partial charge on any atom is 0.421 e. The molecule has 0 unspecified atom stereocenters. The summed E-state index contributed by atoms with van der Waals surface area (Å²) in [6, 6.07) is 16.8. The van der Waals surface area contributed by atoms with E-state index in [0.29, 0.717) is 12.4 Å². The molecule has 0 fully saturated rings. The number of nitrogens with zero attached hydrogens (tertiary/aromatic N) is 1. The first-order chi connectivity index (χ1) is 16.7. The van der Waals surface area contributed by atoms with E-state index in [-0.39, 0.29) is 11.0 Å². The zero-order valence-electron chi connectivity index (χ0n) is 23.3. The maximum absolute atomic E-state index is 13.5. The molecule has 0 N–H and O–H groups in total. The van der Waals surface area contributed by atoms with Crippen LogP contribution in [-0.2, 0) is 4.43 Å². The Morgan fingerprint density at radius 1 is 1.00 bits per heavy atom. The average Bonchev–Trinajstić information content (AvgIpc) is 2.79. The Balaban J connectivity index is 2.01. The van der Waals surface area contributed by atoms with Gasteiger partial charge in [0.2, 0.25) is 0 Å². The Morgan fingerprint density at radius 2 is 1.61 bits per heavy atom. The van der Waals surface area contributed by atoms with Crippen LogP contribution in [0.25, 0.3) is 5.57 Å². The Bertz CT molecular complexity index is 1160. The molecule has 0 spiro atoms. The van der Waals surface area contributed by atoms with Crippen molar-refractivity contribution >= 4 is 33.7 Å². The first kappa shape index (κ1) is 28.0. The summed E-state index contributed by atoms with van der Waals surface area (Å²) in [6.45, 7) is 20.8. The van der Waals surface area contributed by atoms with Crippen LogP contribution in [0.4, 0.5) is 10.5 Å². The third-order valence-corrected chi connectivity index (χ3v) is 12.3. The third-order valence-electron chi connectivity index (χ3n) is 6.86. The fourth-order valence-electron chi connectivity index (χ4n) is 3.73. The zero-order valence-corrected chi connectivity index (χ0v) is 25.3. The van der Waals surface area contributed by atoms with Crippen molar-refractivity contribution in [1.29, 1.82) is 0 Å². The summed E-state index contributed by atoms with van der Waals surface area (Å²) in [7, 11) is -3.56. The van der Waals surface area contributed by atoms with Crippen molar-refractivity contribution in [3.8, 4) is 17.2 Å². The number of benzene rings is 2. The van der Waals surface area contributed by atoms with E-state index in [1.807, 2.05) is 36.4 Å². The minimum atomic E-state index is -1.89. The minimum Gasteiger partial charge on any atom is -0.416 e. The number of carbonyl (C=O) groups excluding carboxylic acids is 1. The van der Waals surface area contributed by atoms with E-state index in [0.717, 1.165) is 11.3 Å². The molecule has 0 radical (unpaired) electrons. The minimum absolute atomic E-state index is 0.148. The highest BCUT2D eigenvalue weighted by Crippen LogP contribution is 2.41. The number of fused-ring (bicyclic) bond motifs is 1. The predicted molar refractivity (Wildman–Crippen MR) is 157 cm³/mol. The van der Waals surface area contributed by atoms with E-state index in [4.69, 9.17) is 9.16 Å². The molecule has 6 heteroatoms. The molecule has 3 rings (SSSR count). The number of ether oxygens (including phenoxy) is 1. The van der Waals surface area contributed by atoms with Crippen LogP contribution in [0.1, 0.15) is 33.3 Å². The molecule has 2 atom stereocenters. The monoisotopic (exact) mass is 519 g/mol. The van der Waals surface area contributed by atoms with Gasteiger partial charge in [-0.3, -0.25) is 4.90 Å². The molecular weight excluding hydrogens is 479 g/mol. The van der Waals surface area contributed by atoms with Gasteiger partial charge in [0.25, 0.3) is 0 Å². The highest BCUT2D eigenvalue weighted by molar-refractivity contribution is 6.83. The predicted octanol–water partition coefficient (Wildman–Crippen LogP) is 8.00. The van der Waals surface area contributed by atoms with Gasteiger partial charge in [-0.25, -0.2) is 4.79 Å². The van der Waals surface area contributed by atoms with E-state index < -0.39 is 28.5 Å². The highest BCUT2D eigenvalue weighted by Gasteiger charge is 2.38. The van der Waals surface area contributed by atoms with Gasteiger partial charge in [-0.15, -0.1) is 5.54 Å². The highest BCUT2D eigenvalue weighted by atomic mass is 28.4. The number of hydrogen-bond acceptors (Lipinski definition) is 3. The van der Waals surface area contributed by atoms with Gasteiger partial charge in [-0.1, -0.05) is 89.7 Å². The van der Waals surface area contributed by atoms with Crippen molar-refractivity contribution in [2.45, 2.75) is 71.5 Å². The number of rotatable bonds is 5. The number of amides is 1. The van der Waals surface area contributed by atoms with E-state index in [1.54, 1.807) is 17.0 Å². The van der Waals surface area contributed by atoms with Crippen LogP contribution in [0.2, 0.25) is 37.8 Å². The molecule has 36 heavy (non-hydrogen) atoms. The van der Waals surface area contributed by atoms with Gasteiger partial charge in [0.15, 0.2) is 8.32 Å². The summed E-state index contributed by atoms with van der Waals surface area (Å²) in [4.78, 5) is 15.2. The molecule has 1 heterocycles. The second-order valence-electron chi connectivity index (χ2n) is 12.1. The van der Waals surface area contributed by atoms with Gasteiger partial charge in [0.05, 0.1) is 5.69 Å². The molecule has 0 saturated heterocycles. The molecule has 1 aliphatic rings. The molecule has 2 aromatic rings. The number of hydrogen-bond donors (Lipinski definition) is 0. The van der Waals surface area contributed by atoms with Crippen molar-refractivity contribution in [1.82, 2.24) is 0 Å². The average molecular weight is 520 g/mol. The first-order valence-corrected chi connectivity index (χ1v) is 19.1. The van der Waals surface area contributed by atoms with Crippen molar-refractivity contribution in [3.63, 3.8) is 0 Å². The molecule has 2 aromatic carbocycles. The topological polar surface area (TPSA) is 38.8 Å². The van der Waals surface area contributed by atoms with Crippen LogP contribution in [0.3, 0.4) is 0 Å². The SMILES string of the molecule is C[C@@H](CO[Si](C)(C)C(C)(C)C)C1=C[C@@H](C#C[Si](C)(C)C)N(C(=O)Oc2ccccc2)c2ccccc21. The van der Waals surface area contributed by atoms with Gasteiger partial charge in [0.1, 0.15) is 19.9 Å². The summed E-state index contributed by atoms with van der Waals surface area (Å²) < 4.78 is 12.4. The molecule has 1 amide bonds. The summed E-state index contributed by atoms with van der Waals surface area (Å²) in [5.41, 5.74) is 6.50. The quantitative estimate of drug-likeness (QED) is 0.297.